The lowest BCUT2D eigenvalue weighted by Gasteiger charge is -2.19. The molecule has 2 aromatic carbocycles. The molecule has 152 valence electrons. The second kappa shape index (κ2) is 8.91. The monoisotopic (exact) mass is 411 g/mol. The van der Waals surface area contributed by atoms with Crippen LogP contribution in [0.5, 0.6) is 5.75 Å². The van der Waals surface area contributed by atoms with Crippen molar-refractivity contribution < 1.29 is 14.3 Å². The smallest absolute Gasteiger partial charge is 0.355 e. The van der Waals surface area contributed by atoms with Gasteiger partial charge in [-0.25, -0.2) is 4.79 Å². The van der Waals surface area contributed by atoms with Gasteiger partial charge in [0, 0.05) is 15.9 Å². The number of halogens is 1. The predicted molar refractivity (Wildman–Crippen MR) is 116 cm³/mol. The molecule has 0 unspecified atom stereocenters. The molecular weight excluding hydrogens is 386 g/mol. The highest BCUT2D eigenvalue weighted by Crippen LogP contribution is 2.30. The van der Waals surface area contributed by atoms with Crippen LogP contribution in [0.1, 0.15) is 53.4 Å². The van der Waals surface area contributed by atoms with E-state index in [1.807, 2.05) is 25.1 Å². The Kier molecular flexibility index (Phi) is 6.10. The van der Waals surface area contributed by atoms with Crippen molar-refractivity contribution in [3.63, 3.8) is 0 Å². The highest BCUT2D eigenvalue weighted by molar-refractivity contribution is 6.31. The summed E-state index contributed by atoms with van der Waals surface area (Å²) in [5, 5.41) is 1.65. The van der Waals surface area contributed by atoms with Gasteiger partial charge in [0.25, 0.3) is 0 Å². The predicted octanol–water partition coefficient (Wildman–Crippen LogP) is 5.89. The fourth-order valence-electron chi connectivity index (χ4n) is 4.18. The summed E-state index contributed by atoms with van der Waals surface area (Å²) in [7, 11) is 0. The summed E-state index contributed by atoms with van der Waals surface area (Å²) in [6, 6.07) is 12.0. The minimum Gasteiger partial charge on any atom is -0.493 e. The average molecular weight is 412 g/mol. The second-order valence-electron chi connectivity index (χ2n) is 7.44. The largest absolute Gasteiger partial charge is 0.493 e. The third kappa shape index (κ3) is 4.27. The normalized spacial score (nSPS) is 13.3. The number of hydrogen-bond acceptors (Lipinski definition) is 3. The van der Waals surface area contributed by atoms with E-state index in [0.717, 1.165) is 47.9 Å². The minimum atomic E-state index is -0.326. The van der Waals surface area contributed by atoms with Crippen LogP contribution >= 0.6 is 11.6 Å². The summed E-state index contributed by atoms with van der Waals surface area (Å²) in [6.07, 6.45) is 6.28. The van der Waals surface area contributed by atoms with Crippen molar-refractivity contribution in [2.75, 3.05) is 13.2 Å². The number of ether oxygens (including phenoxy) is 2. The van der Waals surface area contributed by atoms with Gasteiger partial charge in [0.05, 0.1) is 13.2 Å². The van der Waals surface area contributed by atoms with Crippen LogP contribution in [-0.4, -0.2) is 24.2 Å². The van der Waals surface area contributed by atoms with E-state index in [1.54, 1.807) is 0 Å². The maximum absolute atomic E-state index is 12.4. The van der Waals surface area contributed by atoms with Crippen LogP contribution in [0.15, 0.2) is 36.4 Å². The van der Waals surface area contributed by atoms with Gasteiger partial charge in [-0.2, -0.15) is 0 Å². The van der Waals surface area contributed by atoms with Crippen LogP contribution in [0, 0.1) is 0 Å². The number of aromatic amines is 1. The number of aromatic nitrogens is 1. The zero-order valence-corrected chi connectivity index (χ0v) is 17.5. The molecule has 3 aromatic rings. The van der Waals surface area contributed by atoms with E-state index in [9.17, 15) is 4.79 Å². The third-order valence-electron chi connectivity index (χ3n) is 5.53. The summed E-state index contributed by atoms with van der Waals surface area (Å²) >= 11 is 6.12. The van der Waals surface area contributed by atoms with E-state index in [4.69, 9.17) is 21.1 Å². The molecule has 0 spiro atoms. The zero-order chi connectivity index (χ0) is 20.2. The van der Waals surface area contributed by atoms with Crippen molar-refractivity contribution >= 4 is 28.5 Å². The van der Waals surface area contributed by atoms with Gasteiger partial charge >= 0.3 is 5.97 Å². The van der Waals surface area contributed by atoms with Gasteiger partial charge in [0.15, 0.2) is 0 Å². The van der Waals surface area contributed by atoms with Gasteiger partial charge in [0.1, 0.15) is 11.4 Å². The summed E-state index contributed by atoms with van der Waals surface area (Å²) < 4.78 is 11.4. The van der Waals surface area contributed by atoms with Crippen LogP contribution in [0.3, 0.4) is 0 Å². The number of carbonyl (C=O) groups is 1. The maximum atomic E-state index is 12.4. The first-order valence-electron chi connectivity index (χ1n) is 10.4. The molecule has 0 fully saturated rings. The van der Waals surface area contributed by atoms with Crippen LogP contribution in [0.4, 0.5) is 0 Å². The lowest BCUT2D eigenvalue weighted by Crippen LogP contribution is -2.10. The molecule has 0 radical (unpaired) electrons. The standard InChI is InChI=1S/C24H26ClNO3/c1-2-28-24(27)23-20(19-13-12-17(25)15-21(19)26-23)10-6-14-29-22-11-5-8-16-7-3-4-9-18(16)22/h5,8,11-13,15,26H,2-4,6-7,9-10,14H2,1H3. The second-order valence-corrected chi connectivity index (χ2v) is 7.88. The highest BCUT2D eigenvalue weighted by atomic mass is 35.5. The van der Waals surface area contributed by atoms with E-state index in [0.29, 0.717) is 23.9 Å². The summed E-state index contributed by atoms with van der Waals surface area (Å²) in [4.78, 5) is 15.6. The first-order valence-corrected chi connectivity index (χ1v) is 10.8. The molecule has 5 heteroatoms. The van der Waals surface area contributed by atoms with Gasteiger partial charge in [-0.3, -0.25) is 0 Å². The number of carbonyl (C=O) groups excluding carboxylic acids is 1. The summed E-state index contributed by atoms with van der Waals surface area (Å²) in [5.41, 5.74) is 5.13. The Hall–Kier alpha value is -2.46. The number of aryl methyl sites for hydroxylation is 2. The van der Waals surface area contributed by atoms with Gasteiger partial charge in [-0.05, 0) is 80.3 Å². The van der Waals surface area contributed by atoms with Crippen molar-refractivity contribution in [2.24, 2.45) is 0 Å². The average Bonchev–Trinajstić information content (AvgIpc) is 3.09. The van der Waals surface area contributed by atoms with Gasteiger partial charge < -0.3 is 14.5 Å². The van der Waals surface area contributed by atoms with E-state index in [1.165, 1.54) is 24.0 Å². The van der Waals surface area contributed by atoms with E-state index in [2.05, 4.69) is 23.2 Å². The number of hydrogen-bond donors (Lipinski definition) is 1. The van der Waals surface area contributed by atoms with Gasteiger partial charge in [0.2, 0.25) is 0 Å². The number of fused-ring (bicyclic) bond motifs is 2. The van der Waals surface area contributed by atoms with Crippen LogP contribution in [0.2, 0.25) is 5.02 Å². The molecule has 1 heterocycles. The van der Waals surface area contributed by atoms with E-state index >= 15 is 0 Å². The summed E-state index contributed by atoms with van der Waals surface area (Å²) in [6.45, 7) is 2.76. The molecule has 1 aliphatic rings. The molecule has 1 N–H and O–H groups in total. The highest BCUT2D eigenvalue weighted by Gasteiger charge is 2.19. The molecule has 4 nitrogen and oxygen atoms in total. The Morgan fingerprint density at radius 1 is 1.17 bits per heavy atom. The van der Waals surface area contributed by atoms with Crippen LogP contribution in [0.25, 0.3) is 10.9 Å². The molecular formula is C24H26ClNO3. The van der Waals surface area contributed by atoms with Gasteiger partial charge in [-0.1, -0.05) is 29.8 Å². The fourth-order valence-corrected chi connectivity index (χ4v) is 4.35. The molecule has 0 atom stereocenters. The first kappa shape index (κ1) is 19.8. The topological polar surface area (TPSA) is 51.3 Å². The number of H-pyrrole nitrogens is 1. The van der Waals surface area contributed by atoms with Crippen molar-refractivity contribution in [3.05, 3.63) is 63.8 Å². The zero-order valence-electron chi connectivity index (χ0n) is 16.7. The number of esters is 1. The summed E-state index contributed by atoms with van der Waals surface area (Å²) in [5.74, 6) is 0.686. The molecule has 0 saturated carbocycles. The SMILES string of the molecule is CCOC(=O)c1[nH]c2cc(Cl)ccc2c1CCCOc1cccc2c1CCCC2. The number of nitrogens with one attached hydrogen (secondary N) is 1. The Morgan fingerprint density at radius 3 is 2.90 bits per heavy atom. The quantitative estimate of drug-likeness (QED) is 0.389. The molecule has 0 aliphatic heterocycles. The molecule has 0 saturated heterocycles. The van der Waals surface area contributed by atoms with Crippen molar-refractivity contribution in [1.29, 1.82) is 0 Å². The van der Waals surface area contributed by atoms with E-state index in [-0.39, 0.29) is 5.97 Å². The third-order valence-corrected chi connectivity index (χ3v) is 5.76. The van der Waals surface area contributed by atoms with Crippen molar-refractivity contribution in [1.82, 2.24) is 4.98 Å². The number of benzene rings is 2. The van der Waals surface area contributed by atoms with E-state index < -0.39 is 0 Å². The Balaban J connectivity index is 1.48. The first-order chi connectivity index (χ1) is 14.2. The Morgan fingerprint density at radius 2 is 2.03 bits per heavy atom. The molecule has 0 bridgehead atoms. The molecule has 29 heavy (non-hydrogen) atoms. The Labute approximate surface area is 176 Å². The Bertz CT molecular complexity index is 1020. The lowest BCUT2D eigenvalue weighted by molar-refractivity contribution is 0.0519. The molecule has 4 rings (SSSR count). The van der Waals surface area contributed by atoms with Crippen LogP contribution in [-0.2, 0) is 24.0 Å². The van der Waals surface area contributed by atoms with Gasteiger partial charge in [-0.15, -0.1) is 0 Å². The van der Waals surface area contributed by atoms with Crippen molar-refractivity contribution in [2.45, 2.75) is 45.4 Å². The maximum Gasteiger partial charge on any atom is 0.355 e. The minimum absolute atomic E-state index is 0.326. The molecule has 0 amide bonds. The number of rotatable bonds is 7. The van der Waals surface area contributed by atoms with Crippen LogP contribution < -0.4 is 4.74 Å². The van der Waals surface area contributed by atoms with Crippen molar-refractivity contribution in [3.8, 4) is 5.75 Å². The molecule has 1 aliphatic carbocycles. The molecule has 1 aromatic heterocycles. The fraction of sp³-hybridized carbons (Fsp3) is 0.375. The lowest BCUT2D eigenvalue weighted by atomic mass is 9.91.